The van der Waals surface area contributed by atoms with E-state index in [1.54, 1.807) is 6.26 Å². The SMILES string of the molecule is Cc1ccccc1SCC(Cc1ccco1)NN. The van der Waals surface area contributed by atoms with Crippen molar-refractivity contribution >= 4 is 11.8 Å². The van der Waals surface area contributed by atoms with Crippen LogP contribution in [-0.2, 0) is 6.42 Å². The van der Waals surface area contributed by atoms with Crippen molar-refractivity contribution in [1.82, 2.24) is 5.43 Å². The lowest BCUT2D eigenvalue weighted by atomic mass is 10.2. The van der Waals surface area contributed by atoms with E-state index >= 15 is 0 Å². The number of nitrogens with two attached hydrogens (primary N) is 1. The molecule has 0 aliphatic carbocycles. The average molecular weight is 262 g/mol. The average Bonchev–Trinajstić information content (AvgIpc) is 2.89. The maximum absolute atomic E-state index is 5.59. The Kier molecular flexibility index (Phi) is 4.87. The highest BCUT2D eigenvalue weighted by Crippen LogP contribution is 2.23. The molecular weight excluding hydrogens is 244 g/mol. The fourth-order valence-corrected chi connectivity index (χ4v) is 2.81. The van der Waals surface area contributed by atoms with E-state index in [-0.39, 0.29) is 6.04 Å². The van der Waals surface area contributed by atoms with Crippen LogP contribution in [0, 0.1) is 6.92 Å². The van der Waals surface area contributed by atoms with Gasteiger partial charge >= 0.3 is 0 Å². The lowest BCUT2D eigenvalue weighted by molar-refractivity contribution is 0.465. The topological polar surface area (TPSA) is 51.2 Å². The summed E-state index contributed by atoms with van der Waals surface area (Å²) in [6.45, 7) is 2.12. The largest absolute Gasteiger partial charge is 0.469 e. The Morgan fingerprint density at radius 3 is 2.78 bits per heavy atom. The number of benzene rings is 1. The van der Waals surface area contributed by atoms with E-state index in [1.807, 2.05) is 23.9 Å². The molecule has 0 aliphatic heterocycles. The number of hydrazine groups is 1. The number of rotatable bonds is 6. The third-order valence-electron chi connectivity index (χ3n) is 2.80. The summed E-state index contributed by atoms with van der Waals surface area (Å²) in [6, 6.07) is 12.5. The molecule has 0 spiro atoms. The molecular formula is C14H18N2OS. The minimum absolute atomic E-state index is 0.209. The summed E-state index contributed by atoms with van der Waals surface area (Å²) in [5, 5.41) is 0. The predicted octanol–water partition coefficient (Wildman–Crippen LogP) is 2.75. The van der Waals surface area contributed by atoms with Crippen molar-refractivity contribution in [3.8, 4) is 0 Å². The van der Waals surface area contributed by atoms with Crippen molar-refractivity contribution in [3.05, 3.63) is 54.0 Å². The highest BCUT2D eigenvalue weighted by Gasteiger charge is 2.10. The zero-order valence-corrected chi connectivity index (χ0v) is 11.2. The van der Waals surface area contributed by atoms with Gasteiger partial charge in [-0.2, -0.15) is 0 Å². The maximum Gasteiger partial charge on any atom is 0.105 e. The minimum atomic E-state index is 0.209. The molecule has 0 saturated heterocycles. The summed E-state index contributed by atoms with van der Waals surface area (Å²) in [4.78, 5) is 1.30. The first kappa shape index (κ1) is 13.2. The van der Waals surface area contributed by atoms with E-state index in [2.05, 4.69) is 36.6 Å². The summed E-state index contributed by atoms with van der Waals surface area (Å²) < 4.78 is 5.34. The molecule has 1 unspecified atom stereocenters. The van der Waals surface area contributed by atoms with Gasteiger partial charge in [0.25, 0.3) is 0 Å². The fraction of sp³-hybridized carbons (Fsp3) is 0.286. The third kappa shape index (κ3) is 3.63. The second-order valence-electron chi connectivity index (χ2n) is 4.22. The molecule has 96 valence electrons. The molecule has 2 rings (SSSR count). The summed E-state index contributed by atoms with van der Waals surface area (Å²) in [5.74, 6) is 7.47. The quantitative estimate of drug-likeness (QED) is 0.477. The van der Waals surface area contributed by atoms with E-state index in [0.29, 0.717) is 0 Å². The van der Waals surface area contributed by atoms with Gasteiger partial charge in [-0.3, -0.25) is 11.3 Å². The smallest absolute Gasteiger partial charge is 0.105 e. The number of nitrogens with one attached hydrogen (secondary N) is 1. The van der Waals surface area contributed by atoms with Gasteiger partial charge in [0.1, 0.15) is 5.76 Å². The monoisotopic (exact) mass is 262 g/mol. The van der Waals surface area contributed by atoms with Gasteiger partial charge < -0.3 is 4.42 Å². The molecule has 3 nitrogen and oxygen atoms in total. The highest BCUT2D eigenvalue weighted by atomic mass is 32.2. The maximum atomic E-state index is 5.59. The van der Waals surface area contributed by atoms with Gasteiger partial charge in [0, 0.05) is 23.1 Å². The Balaban J connectivity index is 1.89. The second-order valence-corrected chi connectivity index (χ2v) is 5.29. The van der Waals surface area contributed by atoms with Crippen molar-refractivity contribution in [2.45, 2.75) is 24.3 Å². The van der Waals surface area contributed by atoms with Crippen LogP contribution >= 0.6 is 11.8 Å². The Morgan fingerprint density at radius 2 is 2.11 bits per heavy atom. The van der Waals surface area contributed by atoms with Gasteiger partial charge in [-0.1, -0.05) is 18.2 Å². The molecule has 3 N–H and O–H groups in total. The van der Waals surface area contributed by atoms with Crippen LogP contribution in [0.25, 0.3) is 0 Å². The molecule has 0 amide bonds. The molecule has 4 heteroatoms. The number of hydrogen-bond acceptors (Lipinski definition) is 4. The Morgan fingerprint density at radius 1 is 1.28 bits per heavy atom. The first-order valence-electron chi connectivity index (χ1n) is 5.96. The molecule has 1 atom stereocenters. The standard InChI is InChI=1S/C14H18N2OS/c1-11-5-2-3-7-14(11)18-10-12(16-15)9-13-6-4-8-17-13/h2-8,12,16H,9-10,15H2,1H3. The predicted molar refractivity (Wildman–Crippen MR) is 75.4 cm³/mol. The normalized spacial score (nSPS) is 12.6. The molecule has 0 saturated carbocycles. The van der Waals surface area contributed by atoms with Crippen LogP contribution in [0.4, 0.5) is 0 Å². The van der Waals surface area contributed by atoms with Gasteiger partial charge in [0.05, 0.1) is 6.26 Å². The first-order chi connectivity index (χ1) is 8.79. The Hall–Kier alpha value is -1.23. The minimum Gasteiger partial charge on any atom is -0.469 e. The number of thioether (sulfide) groups is 1. The first-order valence-corrected chi connectivity index (χ1v) is 6.95. The van der Waals surface area contributed by atoms with Crippen LogP contribution in [0.3, 0.4) is 0 Å². The summed E-state index contributed by atoms with van der Waals surface area (Å²) >= 11 is 1.82. The van der Waals surface area contributed by atoms with Gasteiger partial charge in [0.2, 0.25) is 0 Å². The highest BCUT2D eigenvalue weighted by molar-refractivity contribution is 7.99. The van der Waals surface area contributed by atoms with E-state index in [9.17, 15) is 0 Å². The number of aryl methyl sites for hydroxylation is 1. The van der Waals surface area contributed by atoms with Crippen LogP contribution in [0.1, 0.15) is 11.3 Å². The van der Waals surface area contributed by atoms with Crippen LogP contribution in [0.15, 0.2) is 52.0 Å². The van der Waals surface area contributed by atoms with Crippen molar-refractivity contribution in [2.75, 3.05) is 5.75 Å². The summed E-state index contributed by atoms with van der Waals surface area (Å²) in [7, 11) is 0. The van der Waals surface area contributed by atoms with Crippen molar-refractivity contribution in [1.29, 1.82) is 0 Å². The van der Waals surface area contributed by atoms with Gasteiger partial charge in [-0.25, -0.2) is 0 Å². The molecule has 1 heterocycles. The van der Waals surface area contributed by atoms with Crippen LogP contribution in [-0.4, -0.2) is 11.8 Å². The lowest BCUT2D eigenvalue weighted by Gasteiger charge is -2.14. The number of hydrogen-bond donors (Lipinski definition) is 2. The lowest BCUT2D eigenvalue weighted by Crippen LogP contribution is -2.38. The second kappa shape index (κ2) is 6.64. The van der Waals surface area contributed by atoms with E-state index < -0.39 is 0 Å². The van der Waals surface area contributed by atoms with Crippen molar-refractivity contribution < 1.29 is 4.42 Å². The van der Waals surface area contributed by atoms with Crippen LogP contribution < -0.4 is 11.3 Å². The molecule has 1 aromatic carbocycles. The zero-order chi connectivity index (χ0) is 12.8. The molecule has 18 heavy (non-hydrogen) atoms. The zero-order valence-electron chi connectivity index (χ0n) is 10.4. The van der Waals surface area contributed by atoms with Gasteiger partial charge in [0.15, 0.2) is 0 Å². The van der Waals surface area contributed by atoms with E-state index in [0.717, 1.165) is 17.9 Å². The third-order valence-corrected chi connectivity index (χ3v) is 4.14. The Bertz CT molecular complexity index is 470. The van der Waals surface area contributed by atoms with Crippen molar-refractivity contribution in [2.24, 2.45) is 5.84 Å². The molecule has 2 aromatic rings. The molecule has 0 radical (unpaired) electrons. The molecule has 0 bridgehead atoms. The molecule has 1 aromatic heterocycles. The van der Waals surface area contributed by atoms with Gasteiger partial charge in [-0.15, -0.1) is 11.8 Å². The summed E-state index contributed by atoms with van der Waals surface area (Å²) in [5.41, 5.74) is 4.15. The van der Waals surface area contributed by atoms with Crippen LogP contribution in [0.2, 0.25) is 0 Å². The Labute approximate surface area is 112 Å². The molecule has 0 aliphatic rings. The van der Waals surface area contributed by atoms with Crippen LogP contribution in [0.5, 0.6) is 0 Å². The molecule has 0 fully saturated rings. The summed E-state index contributed by atoms with van der Waals surface area (Å²) in [6.07, 6.45) is 2.50. The van der Waals surface area contributed by atoms with E-state index in [4.69, 9.17) is 10.3 Å². The fourth-order valence-electron chi connectivity index (χ4n) is 1.75. The van der Waals surface area contributed by atoms with E-state index in [1.165, 1.54) is 10.5 Å². The van der Waals surface area contributed by atoms with Gasteiger partial charge in [-0.05, 0) is 30.7 Å². The number of furan rings is 1. The van der Waals surface area contributed by atoms with Crippen molar-refractivity contribution in [3.63, 3.8) is 0 Å².